The Bertz CT molecular complexity index is 601. The van der Waals surface area contributed by atoms with E-state index in [9.17, 15) is 9.50 Å². The van der Waals surface area contributed by atoms with Crippen LogP contribution in [0.15, 0.2) is 40.9 Å². The standard InChI is InChI=1S/C15H15BrFNO/c1-9-3-5-12(8-15(9)19)18-10(2)13-7-11(16)4-6-14(13)17/h3-8,10,18-19H,1-2H3. The van der Waals surface area contributed by atoms with Crippen molar-refractivity contribution < 1.29 is 9.50 Å². The molecular weight excluding hydrogens is 309 g/mol. The lowest BCUT2D eigenvalue weighted by atomic mass is 10.1. The summed E-state index contributed by atoms with van der Waals surface area (Å²) in [6, 6.07) is 9.99. The second-order valence-electron chi connectivity index (χ2n) is 4.53. The number of halogens is 2. The van der Waals surface area contributed by atoms with Crippen molar-refractivity contribution in [3.8, 4) is 5.75 Å². The van der Waals surface area contributed by atoms with Gasteiger partial charge in [-0.05, 0) is 43.7 Å². The fraction of sp³-hybridized carbons (Fsp3) is 0.200. The Labute approximate surface area is 120 Å². The highest BCUT2D eigenvalue weighted by Gasteiger charge is 2.11. The van der Waals surface area contributed by atoms with Crippen LogP contribution in [0.1, 0.15) is 24.1 Å². The van der Waals surface area contributed by atoms with Crippen molar-refractivity contribution in [1.82, 2.24) is 0 Å². The molecule has 0 aliphatic carbocycles. The van der Waals surface area contributed by atoms with Gasteiger partial charge in [0.05, 0.1) is 6.04 Å². The zero-order chi connectivity index (χ0) is 14.0. The summed E-state index contributed by atoms with van der Waals surface area (Å²) >= 11 is 3.34. The number of anilines is 1. The molecule has 0 saturated carbocycles. The predicted octanol–water partition coefficient (Wildman–Crippen LogP) is 4.78. The van der Waals surface area contributed by atoms with Crippen LogP contribution < -0.4 is 5.32 Å². The number of benzene rings is 2. The average molecular weight is 324 g/mol. The Morgan fingerprint density at radius 1 is 1.21 bits per heavy atom. The molecule has 0 aliphatic rings. The number of aryl methyl sites for hydroxylation is 1. The SMILES string of the molecule is Cc1ccc(NC(C)c2cc(Br)ccc2F)cc1O. The molecule has 2 aromatic rings. The summed E-state index contributed by atoms with van der Waals surface area (Å²) in [4.78, 5) is 0. The Hall–Kier alpha value is -1.55. The largest absolute Gasteiger partial charge is 0.508 e. The highest BCUT2D eigenvalue weighted by atomic mass is 79.9. The Kier molecular flexibility index (Phi) is 4.10. The molecule has 0 spiro atoms. The summed E-state index contributed by atoms with van der Waals surface area (Å²) < 4.78 is 14.6. The van der Waals surface area contributed by atoms with E-state index in [1.807, 2.05) is 26.0 Å². The fourth-order valence-electron chi connectivity index (χ4n) is 1.87. The summed E-state index contributed by atoms with van der Waals surface area (Å²) in [5.74, 6) is -0.0218. The van der Waals surface area contributed by atoms with Crippen molar-refractivity contribution in [1.29, 1.82) is 0 Å². The summed E-state index contributed by atoms with van der Waals surface area (Å²) in [6.07, 6.45) is 0. The van der Waals surface area contributed by atoms with Crippen molar-refractivity contribution in [2.45, 2.75) is 19.9 Å². The van der Waals surface area contributed by atoms with Gasteiger partial charge in [0.15, 0.2) is 0 Å². The summed E-state index contributed by atoms with van der Waals surface area (Å²) in [5, 5.41) is 12.8. The molecule has 0 aromatic heterocycles. The van der Waals surface area contributed by atoms with Gasteiger partial charge < -0.3 is 10.4 Å². The lowest BCUT2D eigenvalue weighted by molar-refractivity contribution is 0.471. The van der Waals surface area contributed by atoms with Crippen LogP contribution in [0.2, 0.25) is 0 Å². The second-order valence-corrected chi connectivity index (χ2v) is 5.45. The van der Waals surface area contributed by atoms with Gasteiger partial charge >= 0.3 is 0 Å². The van der Waals surface area contributed by atoms with Crippen molar-refractivity contribution in [2.24, 2.45) is 0 Å². The first-order chi connectivity index (χ1) is 8.97. The molecule has 2 nitrogen and oxygen atoms in total. The number of nitrogens with one attached hydrogen (secondary N) is 1. The van der Waals surface area contributed by atoms with E-state index in [1.165, 1.54) is 6.07 Å². The van der Waals surface area contributed by atoms with Crippen LogP contribution in [0.25, 0.3) is 0 Å². The summed E-state index contributed by atoms with van der Waals surface area (Å²) in [5.41, 5.74) is 2.15. The van der Waals surface area contributed by atoms with Gasteiger partial charge in [-0.25, -0.2) is 4.39 Å². The molecule has 0 saturated heterocycles. The van der Waals surface area contributed by atoms with Gasteiger partial charge in [0.25, 0.3) is 0 Å². The number of hydrogen-bond donors (Lipinski definition) is 2. The van der Waals surface area contributed by atoms with E-state index in [0.29, 0.717) is 5.56 Å². The molecule has 100 valence electrons. The van der Waals surface area contributed by atoms with Crippen molar-refractivity contribution in [2.75, 3.05) is 5.32 Å². The van der Waals surface area contributed by atoms with Crippen LogP contribution in [0.5, 0.6) is 5.75 Å². The molecule has 4 heteroatoms. The van der Waals surface area contributed by atoms with Crippen LogP contribution in [0, 0.1) is 12.7 Å². The Morgan fingerprint density at radius 2 is 1.95 bits per heavy atom. The van der Waals surface area contributed by atoms with Crippen LogP contribution in [-0.4, -0.2) is 5.11 Å². The molecule has 1 unspecified atom stereocenters. The molecule has 0 radical (unpaired) electrons. The first-order valence-electron chi connectivity index (χ1n) is 5.98. The highest BCUT2D eigenvalue weighted by Crippen LogP contribution is 2.27. The molecule has 19 heavy (non-hydrogen) atoms. The van der Waals surface area contributed by atoms with E-state index in [-0.39, 0.29) is 17.6 Å². The smallest absolute Gasteiger partial charge is 0.128 e. The van der Waals surface area contributed by atoms with Gasteiger partial charge in [0.2, 0.25) is 0 Å². The molecule has 0 bridgehead atoms. The van der Waals surface area contributed by atoms with Crippen molar-refractivity contribution in [3.05, 3.63) is 57.8 Å². The predicted molar refractivity (Wildman–Crippen MR) is 79.0 cm³/mol. The third kappa shape index (κ3) is 3.26. The highest BCUT2D eigenvalue weighted by molar-refractivity contribution is 9.10. The minimum Gasteiger partial charge on any atom is -0.508 e. The molecule has 0 amide bonds. The molecule has 2 aromatic carbocycles. The molecule has 2 N–H and O–H groups in total. The van der Waals surface area contributed by atoms with Crippen molar-refractivity contribution in [3.63, 3.8) is 0 Å². The first kappa shape index (κ1) is 13.9. The Morgan fingerprint density at radius 3 is 2.63 bits per heavy atom. The van der Waals surface area contributed by atoms with Crippen LogP contribution in [-0.2, 0) is 0 Å². The third-order valence-corrected chi connectivity index (χ3v) is 3.51. The zero-order valence-corrected chi connectivity index (χ0v) is 12.3. The van der Waals surface area contributed by atoms with Gasteiger partial charge in [-0.15, -0.1) is 0 Å². The average Bonchev–Trinajstić information content (AvgIpc) is 2.36. The van der Waals surface area contributed by atoms with E-state index in [0.717, 1.165) is 15.7 Å². The zero-order valence-electron chi connectivity index (χ0n) is 10.7. The lowest BCUT2D eigenvalue weighted by Gasteiger charge is -2.17. The monoisotopic (exact) mass is 323 g/mol. The number of phenolic OH excluding ortho intramolecular Hbond substituents is 1. The van der Waals surface area contributed by atoms with Gasteiger partial charge in [0, 0.05) is 21.8 Å². The second kappa shape index (κ2) is 5.61. The first-order valence-corrected chi connectivity index (χ1v) is 6.78. The van der Waals surface area contributed by atoms with E-state index in [1.54, 1.807) is 18.2 Å². The van der Waals surface area contributed by atoms with Crippen LogP contribution >= 0.6 is 15.9 Å². The van der Waals surface area contributed by atoms with Gasteiger partial charge in [0.1, 0.15) is 11.6 Å². The lowest BCUT2D eigenvalue weighted by Crippen LogP contribution is -2.08. The van der Waals surface area contributed by atoms with Crippen LogP contribution in [0.4, 0.5) is 10.1 Å². The quantitative estimate of drug-likeness (QED) is 0.852. The summed E-state index contributed by atoms with van der Waals surface area (Å²) in [6.45, 7) is 3.71. The Balaban J connectivity index is 2.22. The molecule has 0 aliphatic heterocycles. The molecule has 0 heterocycles. The maximum Gasteiger partial charge on any atom is 0.128 e. The fourth-order valence-corrected chi connectivity index (χ4v) is 2.25. The maximum absolute atomic E-state index is 13.8. The minimum atomic E-state index is -0.250. The van der Waals surface area contributed by atoms with E-state index in [2.05, 4.69) is 21.2 Å². The maximum atomic E-state index is 13.8. The van der Waals surface area contributed by atoms with E-state index >= 15 is 0 Å². The van der Waals surface area contributed by atoms with Gasteiger partial charge in [-0.3, -0.25) is 0 Å². The molecular formula is C15H15BrFNO. The molecule has 2 rings (SSSR count). The van der Waals surface area contributed by atoms with E-state index < -0.39 is 0 Å². The van der Waals surface area contributed by atoms with E-state index in [4.69, 9.17) is 0 Å². The van der Waals surface area contributed by atoms with Crippen molar-refractivity contribution >= 4 is 21.6 Å². The van der Waals surface area contributed by atoms with Gasteiger partial charge in [-0.1, -0.05) is 22.0 Å². The number of hydrogen-bond acceptors (Lipinski definition) is 2. The number of rotatable bonds is 3. The van der Waals surface area contributed by atoms with Gasteiger partial charge in [-0.2, -0.15) is 0 Å². The third-order valence-electron chi connectivity index (χ3n) is 3.02. The summed E-state index contributed by atoms with van der Waals surface area (Å²) in [7, 11) is 0. The normalized spacial score (nSPS) is 12.2. The van der Waals surface area contributed by atoms with Crippen LogP contribution in [0.3, 0.4) is 0 Å². The topological polar surface area (TPSA) is 32.3 Å². The molecule has 0 fully saturated rings. The number of aromatic hydroxyl groups is 1. The number of phenols is 1. The minimum absolute atomic E-state index is 0.195. The molecule has 1 atom stereocenters.